The molecule has 0 spiro atoms. The van der Waals surface area contributed by atoms with Crippen molar-refractivity contribution >= 4 is 17.5 Å². The minimum absolute atomic E-state index is 0.181. The largest absolute Gasteiger partial charge is 0.416 e. The molecule has 0 saturated carbocycles. The summed E-state index contributed by atoms with van der Waals surface area (Å²) in [5.74, 6) is 0.152. The number of nitrogens with zero attached hydrogens (tertiary/aromatic N) is 4. The van der Waals surface area contributed by atoms with E-state index < -0.39 is 23.7 Å². The molecule has 0 radical (unpaired) electrons. The van der Waals surface area contributed by atoms with Crippen LogP contribution < -0.4 is 5.32 Å². The smallest absolute Gasteiger partial charge is 0.342 e. The van der Waals surface area contributed by atoms with Crippen molar-refractivity contribution in [3.63, 3.8) is 0 Å². The molecule has 0 aliphatic carbocycles. The third-order valence-electron chi connectivity index (χ3n) is 3.66. The second-order valence-corrected chi connectivity index (χ2v) is 6.08. The van der Waals surface area contributed by atoms with Crippen molar-refractivity contribution < 1.29 is 18.0 Å². The molecule has 2 heterocycles. The summed E-state index contributed by atoms with van der Waals surface area (Å²) in [5.41, 5.74) is -1.20. The number of hydrogen-bond acceptors (Lipinski definition) is 4. The molecule has 3 aromatic rings. The number of hydrogen-bond donors (Lipinski definition) is 1. The van der Waals surface area contributed by atoms with Gasteiger partial charge in [0, 0.05) is 16.8 Å². The fourth-order valence-corrected chi connectivity index (χ4v) is 2.67. The number of benzene rings is 1. The molecule has 0 aliphatic rings. The molecular formula is C17H13ClF3N5O. The topological polar surface area (TPSA) is 72.7 Å². The van der Waals surface area contributed by atoms with Crippen LogP contribution in [0.4, 0.5) is 13.2 Å². The number of nitrogens with one attached hydrogen (secondary N) is 1. The number of alkyl halides is 3. The molecule has 1 amide bonds. The summed E-state index contributed by atoms with van der Waals surface area (Å²) in [6, 6.07) is 7.25. The highest BCUT2D eigenvalue weighted by Gasteiger charge is 2.32. The molecule has 0 saturated heterocycles. The third kappa shape index (κ3) is 4.25. The monoisotopic (exact) mass is 395 g/mol. The standard InChI is InChI=1S/C17H13ClF3N5O/c1-10(15-23-9-24-26(15)14-4-2-3-5-22-14)25-16(27)11-6-12(17(19,20)21)8-13(18)7-11/h2-10H,1H3,(H,25,27). The van der Waals surface area contributed by atoms with Gasteiger partial charge in [-0.05, 0) is 37.3 Å². The molecule has 1 aromatic carbocycles. The van der Waals surface area contributed by atoms with Gasteiger partial charge in [0.15, 0.2) is 11.6 Å². The molecular weight excluding hydrogens is 383 g/mol. The Labute approximate surface area is 157 Å². The minimum atomic E-state index is -4.61. The fraction of sp³-hybridized carbons (Fsp3) is 0.176. The molecule has 1 atom stereocenters. The number of amides is 1. The Kier molecular flexibility index (Phi) is 5.13. The van der Waals surface area contributed by atoms with E-state index in [0.717, 1.165) is 12.1 Å². The first-order valence-corrected chi connectivity index (χ1v) is 8.13. The maximum absolute atomic E-state index is 12.9. The quantitative estimate of drug-likeness (QED) is 0.728. The van der Waals surface area contributed by atoms with Crippen molar-refractivity contribution in [2.75, 3.05) is 0 Å². The minimum Gasteiger partial charge on any atom is -0.342 e. The van der Waals surface area contributed by atoms with Crippen LogP contribution in [0.3, 0.4) is 0 Å². The summed E-state index contributed by atoms with van der Waals surface area (Å²) < 4.78 is 40.2. The van der Waals surface area contributed by atoms with Crippen LogP contribution in [0.1, 0.15) is 34.7 Å². The van der Waals surface area contributed by atoms with Gasteiger partial charge in [0.05, 0.1) is 11.6 Å². The first-order chi connectivity index (χ1) is 12.8. The number of pyridine rings is 1. The Morgan fingerprint density at radius 1 is 1.22 bits per heavy atom. The first kappa shape index (κ1) is 18.8. The number of aromatic nitrogens is 4. The lowest BCUT2D eigenvalue weighted by Crippen LogP contribution is -2.29. The maximum Gasteiger partial charge on any atom is 0.416 e. The van der Waals surface area contributed by atoms with Crippen molar-refractivity contribution in [3.05, 3.63) is 70.9 Å². The zero-order valence-corrected chi connectivity index (χ0v) is 14.7. The summed E-state index contributed by atoms with van der Waals surface area (Å²) in [6.07, 6.45) is -1.73. The highest BCUT2D eigenvalue weighted by molar-refractivity contribution is 6.31. The number of rotatable bonds is 4. The van der Waals surface area contributed by atoms with Gasteiger partial charge in [-0.2, -0.15) is 23.0 Å². The Bertz CT molecular complexity index is 959. The van der Waals surface area contributed by atoms with E-state index in [1.165, 1.54) is 17.1 Å². The summed E-state index contributed by atoms with van der Waals surface area (Å²) in [4.78, 5) is 20.7. The lowest BCUT2D eigenvalue weighted by Gasteiger charge is -2.15. The normalized spacial score (nSPS) is 12.6. The summed E-state index contributed by atoms with van der Waals surface area (Å²) in [6.45, 7) is 1.64. The van der Waals surface area contributed by atoms with Crippen molar-refractivity contribution in [2.45, 2.75) is 19.1 Å². The van der Waals surface area contributed by atoms with Gasteiger partial charge in [0.2, 0.25) is 0 Å². The predicted molar refractivity (Wildman–Crippen MR) is 91.5 cm³/mol. The second kappa shape index (κ2) is 7.36. The lowest BCUT2D eigenvalue weighted by molar-refractivity contribution is -0.137. The maximum atomic E-state index is 12.9. The van der Waals surface area contributed by atoms with Crippen molar-refractivity contribution in [1.82, 2.24) is 25.1 Å². The van der Waals surface area contributed by atoms with Crippen molar-refractivity contribution in [1.29, 1.82) is 0 Å². The molecule has 140 valence electrons. The highest BCUT2D eigenvalue weighted by atomic mass is 35.5. The summed E-state index contributed by atoms with van der Waals surface area (Å²) in [7, 11) is 0. The van der Waals surface area contributed by atoms with Gasteiger partial charge >= 0.3 is 6.18 Å². The van der Waals surface area contributed by atoms with Crippen LogP contribution in [0.25, 0.3) is 5.82 Å². The Morgan fingerprint density at radius 3 is 2.67 bits per heavy atom. The molecule has 6 nitrogen and oxygen atoms in total. The van der Waals surface area contributed by atoms with Gasteiger partial charge < -0.3 is 5.32 Å². The fourth-order valence-electron chi connectivity index (χ4n) is 2.43. The second-order valence-electron chi connectivity index (χ2n) is 5.64. The molecule has 10 heteroatoms. The van der Waals surface area contributed by atoms with Gasteiger partial charge in [-0.25, -0.2) is 9.97 Å². The van der Waals surface area contributed by atoms with E-state index in [4.69, 9.17) is 11.6 Å². The van der Waals surface area contributed by atoms with E-state index in [2.05, 4.69) is 20.4 Å². The Morgan fingerprint density at radius 2 is 2.00 bits per heavy atom. The van der Waals surface area contributed by atoms with E-state index in [0.29, 0.717) is 11.6 Å². The number of carbonyl (C=O) groups excluding carboxylic acids is 1. The highest BCUT2D eigenvalue weighted by Crippen LogP contribution is 2.32. The summed E-state index contributed by atoms with van der Waals surface area (Å²) in [5, 5.41) is 6.49. The van der Waals surface area contributed by atoms with Gasteiger partial charge in [0.25, 0.3) is 5.91 Å². The van der Waals surface area contributed by atoms with Crippen LogP contribution in [0.15, 0.2) is 48.9 Å². The molecule has 1 N–H and O–H groups in total. The van der Waals surface area contributed by atoms with Gasteiger partial charge in [0.1, 0.15) is 6.33 Å². The average Bonchev–Trinajstić information content (AvgIpc) is 3.11. The van der Waals surface area contributed by atoms with Crippen LogP contribution in [-0.4, -0.2) is 25.7 Å². The zero-order valence-electron chi connectivity index (χ0n) is 13.9. The molecule has 27 heavy (non-hydrogen) atoms. The predicted octanol–water partition coefficient (Wildman–Crippen LogP) is 3.83. The van der Waals surface area contributed by atoms with Gasteiger partial charge in [-0.3, -0.25) is 4.79 Å². The molecule has 0 bridgehead atoms. The van der Waals surface area contributed by atoms with Crippen LogP contribution in [0.5, 0.6) is 0 Å². The Balaban J connectivity index is 1.84. The third-order valence-corrected chi connectivity index (χ3v) is 3.88. The molecule has 1 unspecified atom stereocenters. The SMILES string of the molecule is CC(NC(=O)c1cc(Cl)cc(C(F)(F)F)c1)c1ncnn1-c1ccccn1. The molecule has 3 rings (SSSR count). The zero-order chi connectivity index (χ0) is 19.6. The number of carbonyl (C=O) groups is 1. The van der Waals surface area contributed by atoms with E-state index >= 15 is 0 Å². The molecule has 0 fully saturated rings. The van der Waals surface area contributed by atoms with Crippen LogP contribution in [0, 0.1) is 0 Å². The van der Waals surface area contributed by atoms with Gasteiger partial charge in [-0.1, -0.05) is 17.7 Å². The number of halogens is 4. The molecule has 0 aliphatic heterocycles. The van der Waals surface area contributed by atoms with E-state index in [9.17, 15) is 18.0 Å². The van der Waals surface area contributed by atoms with Crippen molar-refractivity contribution in [2.24, 2.45) is 0 Å². The van der Waals surface area contributed by atoms with Crippen LogP contribution >= 0.6 is 11.6 Å². The lowest BCUT2D eigenvalue weighted by atomic mass is 10.1. The van der Waals surface area contributed by atoms with Crippen LogP contribution in [0.2, 0.25) is 5.02 Å². The first-order valence-electron chi connectivity index (χ1n) is 7.75. The van der Waals surface area contributed by atoms with Crippen LogP contribution in [-0.2, 0) is 6.18 Å². The molecule has 2 aromatic heterocycles. The summed E-state index contributed by atoms with van der Waals surface area (Å²) >= 11 is 5.73. The van der Waals surface area contributed by atoms with E-state index in [1.54, 1.807) is 31.3 Å². The van der Waals surface area contributed by atoms with Crippen molar-refractivity contribution in [3.8, 4) is 5.82 Å². The average molecular weight is 396 g/mol. The van der Waals surface area contributed by atoms with E-state index in [-0.39, 0.29) is 10.6 Å². The Hall–Kier alpha value is -2.94. The van der Waals surface area contributed by atoms with Gasteiger partial charge in [-0.15, -0.1) is 0 Å². The van der Waals surface area contributed by atoms with E-state index in [1.807, 2.05) is 0 Å².